The molecule has 0 saturated carbocycles. The van der Waals surface area contributed by atoms with Crippen molar-refractivity contribution in [3.8, 4) is 11.5 Å². The number of ether oxygens (including phenoxy) is 3. The summed E-state index contributed by atoms with van der Waals surface area (Å²) in [5.41, 5.74) is 0.606. The molecular formula is C19H27NO6. The molecule has 0 spiro atoms. The zero-order valence-electron chi connectivity index (χ0n) is 15.5. The second-order valence-electron chi connectivity index (χ2n) is 6.51. The Morgan fingerprint density at radius 2 is 2.08 bits per heavy atom. The van der Waals surface area contributed by atoms with E-state index in [2.05, 4.69) is 5.32 Å². The summed E-state index contributed by atoms with van der Waals surface area (Å²) in [6.07, 6.45) is 3.01. The Kier molecular flexibility index (Phi) is 7.26. The molecule has 26 heavy (non-hydrogen) atoms. The summed E-state index contributed by atoms with van der Waals surface area (Å²) >= 11 is 0. The lowest BCUT2D eigenvalue weighted by molar-refractivity contribution is -0.137. The highest BCUT2D eigenvalue weighted by Crippen LogP contribution is 2.31. The van der Waals surface area contributed by atoms with Gasteiger partial charge in [-0.2, -0.15) is 0 Å². The van der Waals surface area contributed by atoms with Crippen LogP contribution in [0.15, 0.2) is 18.2 Å². The fraction of sp³-hybridized carbons (Fsp3) is 0.579. The maximum atomic E-state index is 12.3. The van der Waals surface area contributed by atoms with Gasteiger partial charge < -0.3 is 24.6 Å². The summed E-state index contributed by atoms with van der Waals surface area (Å²) in [4.78, 5) is 23.6. The SMILES string of the molecule is COc1ccc(C(CC(=O)O)NC(=O)CCC2CCC(C)O2)c(OC)c1. The first kappa shape index (κ1) is 20.0. The van der Waals surface area contributed by atoms with Crippen LogP contribution >= 0.6 is 0 Å². The van der Waals surface area contributed by atoms with E-state index >= 15 is 0 Å². The van der Waals surface area contributed by atoms with Gasteiger partial charge in [-0.25, -0.2) is 0 Å². The molecule has 1 fully saturated rings. The van der Waals surface area contributed by atoms with Crippen molar-refractivity contribution in [1.29, 1.82) is 0 Å². The van der Waals surface area contributed by atoms with Gasteiger partial charge in [0.05, 0.1) is 38.9 Å². The van der Waals surface area contributed by atoms with Crippen molar-refractivity contribution >= 4 is 11.9 Å². The number of carboxylic acid groups (broad SMARTS) is 1. The quantitative estimate of drug-likeness (QED) is 0.699. The zero-order valence-corrected chi connectivity index (χ0v) is 15.5. The van der Waals surface area contributed by atoms with Gasteiger partial charge in [-0.1, -0.05) is 0 Å². The van der Waals surface area contributed by atoms with Crippen LogP contribution in [0.4, 0.5) is 0 Å². The van der Waals surface area contributed by atoms with E-state index in [4.69, 9.17) is 14.2 Å². The van der Waals surface area contributed by atoms with Gasteiger partial charge in [-0.3, -0.25) is 9.59 Å². The van der Waals surface area contributed by atoms with Gasteiger partial charge in [0, 0.05) is 18.1 Å². The van der Waals surface area contributed by atoms with E-state index in [1.54, 1.807) is 18.2 Å². The fourth-order valence-corrected chi connectivity index (χ4v) is 3.18. The topological polar surface area (TPSA) is 94.1 Å². The molecule has 1 aliphatic rings. The summed E-state index contributed by atoms with van der Waals surface area (Å²) in [6.45, 7) is 2.03. The van der Waals surface area contributed by atoms with Gasteiger partial charge in [0.1, 0.15) is 11.5 Å². The maximum Gasteiger partial charge on any atom is 0.305 e. The molecule has 0 aliphatic carbocycles. The predicted molar refractivity (Wildman–Crippen MR) is 95.5 cm³/mol. The van der Waals surface area contributed by atoms with Crippen molar-refractivity contribution in [2.75, 3.05) is 14.2 Å². The predicted octanol–water partition coefficient (Wildman–Crippen LogP) is 2.68. The molecule has 1 aliphatic heterocycles. The summed E-state index contributed by atoms with van der Waals surface area (Å²) < 4.78 is 16.2. The van der Waals surface area contributed by atoms with Crippen LogP contribution in [-0.2, 0) is 14.3 Å². The van der Waals surface area contributed by atoms with Crippen LogP contribution in [0.2, 0.25) is 0 Å². The maximum absolute atomic E-state index is 12.3. The lowest BCUT2D eigenvalue weighted by Gasteiger charge is -2.21. The van der Waals surface area contributed by atoms with Gasteiger partial charge in [-0.05, 0) is 38.3 Å². The largest absolute Gasteiger partial charge is 0.497 e. The van der Waals surface area contributed by atoms with E-state index in [1.807, 2.05) is 6.92 Å². The normalized spacial score (nSPS) is 20.4. The third kappa shape index (κ3) is 5.62. The molecule has 0 aromatic heterocycles. The van der Waals surface area contributed by atoms with E-state index in [0.717, 1.165) is 12.8 Å². The minimum atomic E-state index is -0.999. The number of rotatable bonds is 9. The average molecular weight is 365 g/mol. The van der Waals surface area contributed by atoms with Crippen LogP contribution < -0.4 is 14.8 Å². The molecule has 1 saturated heterocycles. The minimum Gasteiger partial charge on any atom is -0.497 e. The van der Waals surface area contributed by atoms with Crippen LogP contribution in [0.5, 0.6) is 11.5 Å². The molecule has 1 heterocycles. The first-order valence-corrected chi connectivity index (χ1v) is 8.81. The number of hydrogen-bond acceptors (Lipinski definition) is 5. The van der Waals surface area contributed by atoms with Crippen molar-refractivity contribution < 1.29 is 28.9 Å². The number of carbonyl (C=O) groups is 2. The number of carbonyl (C=O) groups excluding carboxylic acids is 1. The smallest absolute Gasteiger partial charge is 0.305 e. The molecule has 1 aromatic rings. The van der Waals surface area contributed by atoms with Crippen LogP contribution in [0, 0.1) is 0 Å². The Balaban J connectivity index is 2.04. The summed E-state index contributed by atoms with van der Waals surface area (Å²) in [7, 11) is 3.04. The van der Waals surface area contributed by atoms with Gasteiger partial charge in [-0.15, -0.1) is 0 Å². The Hall–Kier alpha value is -2.28. The van der Waals surface area contributed by atoms with Crippen LogP contribution in [-0.4, -0.2) is 43.4 Å². The Labute approximate surface area is 153 Å². The molecule has 7 nitrogen and oxygen atoms in total. The highest BCUT2D eigenvalue weighted by atomic mass is 16.5. The Morgan fingerprint density at radius 3 is 2.65 bits per heavy atom. The van der Waals surface area contributed by atoms with Gasteiger partial charge in [0.25, 0.3) is 0 Å². The van der Waals surface area contributed by atoms with Crippen LogP contribution in [0.25, 0.3) is 0 Å². The molecule has 144 valence electrons. The van der Waals surface area contributed by atoms with Gasteiger partial charge >= 0.3 is 5.97 Å². The Bertz CT molecular complexity index is 632. The first-order chi connectivity index (χ1) is 12.4. The average Bonchev–Trinajstić information content (AvgIpc) is 3.03. The molecule has 1 aromatic carbocycles. The van der Waals surface area contributed by atoms with E-state index < -0.39 is 12.0 Å². The molecule has 3 atom stereocenters. The number of nitrogens with one attached hydrogen (secondary N) is 1. The Morgan fingerprint density at radius 1 is 1.31 bits per heavy atom. The number of carboxylic acids is 1. The number of amides is 1. The van der Waals surface area contributed by atoms with Crippen LogP contribution in [0.1, 0.15) is 50.6 Å². The van der Waals surface area contributed by atoms with Crippen LogP contribution in [0.3, 0.4) is 0 Å². The molecule has 7 heteroatoms. The third-order valence-electron chi connectivity index (χ3n) is 4.54. The lowest BCUT2D eigenvalue weighted by Crippen LogP contribution is -2.31. The standard InChI is InChI=1S/C19H27NO6/c1-12-4-5-13(26-12)7-9-18(21)20-16(11-19(22)23)15-8-6-14(24-2)10-17(15)25-3/h6,8,10,12-13,16H,4-5,7,9,11H2,1-3H3,(H,20,21)(H,22,23). The highest BCUT2D eigenvalue weighted by molar-refractivity contribution is 5.78. The molecule has 2 rings (SSSR count). The first-order valence-electron chi connectivity index (χ1n) is 8.81. The lowest BCUT2D eigenvalue weighted by atomic mass is 10.0. The minimum absolute atomic E-state index is 0.101. The van der Waals surface area contributed by atoms with Gasteiger partial charge in [0.2, 0.25) is 5.91 Å². The monoisotopic (exact) mass is 365 g/mol. The van der Waals surface area contributed by atoms with E-state index in [1.165, 1.54) is 14.2 Å². The van der Waals surface area contributed by atoms with Gasteiger partial charge in [0.15, 0.2) is 0 Å². The van der Waals surface area contributed by atoms with E-state index in [9.17, 15) is 14.7 Å². The molecule has 0 bridgehead atoms. The van der Waals surface area contributed by atoms with Crippen molar-refractivity contribution in [2.45, 2.75) is 57.3 Å². The second-order valence-corrected chi connectivity index (χ2v) is 6.51. The highest BCUT2D eigenvalue weighted by Gasteiger charge is 2.25. The molecule has 1 amide bonds. The number of aliphatic carboxylic acids is 1. The third-order valence-corrected chi connectivity index (χ3v) is 4.54. The number of methoxy groups -OCH3 is 2. The van der Waals surface area contributed by atoms with Crippen molar-refractivity contribution in [3.05, 3.63) is 23.8 Å². The fourth-order valence-electron chi connectivity index (χ4n) is 3.18. The van der Waals surface area contributed by atoms with Crippen molar-refractivity contribution in [2.24, 2.45) is 0 Å². The number of benzene rings is 1. The molecule has 2 N–H and O–H groups in total. The molecule has 3 unspecified atom stereocenters. The van der Waals surface area contributed by atoms with Crippen molar-refractivity contribution in [3.63, 3.8) is 0 Å². The second kappa shape index (κ2) is 9.43. The molecular weight excluding hydrogens is 338 g/mol. The molecule has 0 radical (unpaired) electrons. The van der Waals surface area contributed by atoms with E-state index in [-0.39, 0.29) is 24.5 Å². The van der Waals surface area contributed by atoms with E-state index in [0.29, 0.717) is 29.9 Å². The summed E-state index contributed by atoms with van der Waals surface area (Å²) in [5.74, 6) is -0.124. The zero-order chi connectivity index (χ0) is 19.1. The number of hydrogen-bond donors (Lipinski definition) is 2. The summed E-state index contributed by atoms with van der Waals surface area (Å²) in [6, 6.07) is 4.42. The van der Waals surface area contributed by atoms with Crippen molar-refractivity contribution in [1.82, 2.24) is 5.32 Å². The summed E-state index contributed by atoms with van der Waals surface area (Å²) in [5, 5.41) is 12.0.